The van der Waals surface area contributed by atoms with Crippen molar-refractivity contribution in [3.8, 4) is 17.0 Å². The summed E-state index contributed by atoms with van der Waals surface area (Å²) in [5, 5.41) is 20.3. The van der Waals surface area contributed by atoms with Crippen molar-refractivity contribution in [2.75, 3.05) is 20.3 Å². The van der Waals surface area contributed by atoms with Gasteiger partial charge in [-0.05, 0) is 69.4 Å². The van der Waals surface area contributed by atoms with Gasteiger partial charge in [-0.15, -0.1) is 5.10 Å². The summed E-state index contributed by atoms with van der Waals surface area (Å²) in [5.74, 6) is 0.469. The molecule has 0 saturated carbocycles. The van der Waals surface area contributed by atoms with Crippen LogP contribution >= 0.6 is 0 Å². The molecule has 4 heterocycles. The first-order valence-electron chi connectivity index (χ1n) is 13.6. The van der Waals surface area contributed by atoms with Gasteiger partial charge in [-0.3, -0.25) is 4.98 Å². The molecule has 0 bridgehead atoms. The highest BCUT2D eigenvalue weighted by Crippen LogP contribution is 2.45. The second kappa shape index (κ2) is 9.98. The molecule has 1 aliphatic rings. The van der Waals surface area contributed by atoms with Gasteiger partial charge in [0.25, 0.3) is 0 Å². The summed E-state index contributed by atoms with van der Waals surface area (Å²) in [6, 6.07) is 12.6. The molecule has 0 aliphatic carbocycles. The summed E-state index contributed by atoms with van der Waals surface area (Å²) in [4.78, 5) is 4.96. The Morgan fingerprint density at radius 3 is 2.52 bits per heavy atom. The summed E-state index contributed by atoms with van der Waals surface area (Å²) in [7, 11) is 3.48. The Bertz CT molecular complexity index is 1690. The molecule has 6 rings (SSSR count). The van der Waals surface area contributed by atoms with Crippen LogP contribution in [0.1, 0.15) is 49.6 Å². The van der Waals surface area contributed by atoms with Gasteiger partial charge in [0.1, 0.15) is 11.6 Å². The Labute approximate surface area is 232 Å². The number of methoxy groups -OCH3 is 1. The van der Waals surface area contributed by atoms with Gasteiger partial charge in [-0.2, -0.15) is 0 Å². The fourth-order valence-corrected chi connectivity index (χ4v) is 6.14. The van der Waals surface area contributed by atoms with Crippen LogP contribution in [0.3, 0.4) is 0 Å². The van der Waals surface area contributed by atoms with E-state index >= 15 is 4.39 Å². The van der Waals surface area contributed by atoms with Crippen LogP contribution in [0.5, 0.6) is 5.75 Å². The second-order valence-corrected chi connectivity index (χ2v) is 11.2. The number of aromatic nitrogens is 5. The first-order valence-corrected chi connectivity index (χ1v) is 13.6. The zero-order valence-electron chi connectivity index (χ0n) is 23.5. The first-order chi connectivity index (χ1) is 19.2. The van der Waals surface area contributed by atoms with E-state index in [4.69, 9.17) is 14.5 Å². The molecule has 0 spiro atoms. The molecule has 3 aromatic heterocycles. The van der Waals surface area contributed by atoms with Gasteiger partial charge in [0.2, 0.25) is 0 Å². The maximum Gasteiger partial charge on any atom is 0.130 e. The Hall–Kier alpha value is -3.82. The van der Waals surface area contributed by atoms with Crippen LogP contribution in [0.25, 0.3) is 33.2 Å². The van der Waals surface area contributed by atoms with Crippen molar-refractivity contribution in [3.63, 3.8) is 0 Å². The summed E-state index contributed by atoms with van der Waals surface area (Å²) in [6.07, 6.45) is 3.41. The maximum atomic E-state index is 15.7. The van der Waals surface area contributed by atoms with Crippen LogP contribution in [0.4, 0.5) is 4.39 Å². The van der Waals surface area contributed by atoms with E-state index in [1.54, 1.807) is 31.7 Å². The molecule has 1 aliphatic heterocycles. The highest BCUT2D eigenvalue weighted by Gasteiger charge is 2.33. The van der Waals surface area contributed by atoms with Crippen molar-refractivity contribution in [2.45, 2.75) is 45.3 Å². The predicted molar refractivity (Wildman–Crippen MR) is 152 cm³/mol. The molecule has 208 valence electrons. The quantitative estimate of drug-likeness (QED) is 0.296. The van der Waals surface area contributed by atoms with Gasteiger partial charge in [-0.1, -0.05) is 23.4 Å². The standard InChI is InChI=1S/C31H34FN5O3/c1-18-29(36(4)35-34-18)20-14-25-28(33-17-20)27-24(15-21(31(2,3)38)16-26(27)39-5)37(25)30(19-10-12-40-13-11-19)22-8-6-7-9-23(22)32/h6-9,14-17,19,30,38H,10-13H2,1-5H3/t30-/m0/s1. The zero-order chi connectivity index (χ0) is 28.2. The molecule has 0 unspecified atom stereocenters. The highest BCUT2D eigenvalue weighted by atomic mass is 19.1. The molecule has 5 aromatic rings. The minimum Gasteiger partial charge on any atom is -0.496 e. The van der Waals surface area contributed by atoms with Crippen LogP contribution in [-0.4, -0.2) is 50.0 Å². The predicted octanol–water partition coefficient (Wildman–Crippen LogP) is 5.68. The number of benzene rings is 2. The molecule has 1 fully saturated rings. The Morgan fingerprint density at radius 2 is 1.88 bits per heavy atom. The first kappa shape index (κ1) is 26.4. The number of rotatable bonds is 6. The molecular weight excluding hydrogens is 509 g/mol. The molecular formula is C31H34FN5O3. The van der Waals surface area contributed by atoms with E-state index in [0.29, 0.717) is 30.1 Å². The van der Waals surface area contributed by atoms with Crippen molar-refractivity contribution in [3.05, 3.63) is 71.3 Å². The van der Waals surface area contributed by atoms with Crippen molar-refractivity contribution in [1.29, 1.82) is 0 Å². The zero-order valence-corrected chi connectivity index (χ0v) is 23.5. The lowest BCUT2D eigenvalue weighted by Crippen LogP contribution is -2.27. The number of hydrogen-bond acceptors (Lipinski definition) is 6. The second-order valence-electron chi connectivity index (χ2n) is 11.2. The summed E-state index contributed by atoms with van der Waals surface area (Å²) in [5.41, 5.74) is 5.14. The number of fused-ring (bicyclic) bond motifs is 3. The van der Waals surface area contributed by atoms with Crippen molar-refractivity contribution in [2.24, 2.45) is 13.0 Å². The van der Waals surface area contributed by atoms with Crippen molar-refractivity contribution >= 4 is 21.9 Å². The van der Waals surface area contributed by atoms with E-state index in [9.17, 15) is 5.11 Å². The van der Waals surface area contributed by atoms with Crippen LogP contribution in [0.15, 0.2) is 48.7 Å². The number of halogens is 1. The fraction of sp³-hybridized carbons (Fsp3) is 0.387. The number of aliphatic hydroxyl groups is 1. The third-order valence-corrected chi connectivity index (χ3v) is 8.11. The summed E-state index contributed by atoms with van der Waals surface area (Å²) >= 11 is 0. The molecule has 1 saturated heterocycles. The van der Waals surface area contributed by atoms with E-state index in [1.807, 2.05) is 44.4 Å². The molecule has 8 nitrogen and oxygen atoms in total. The van der Waals surface area contributed by atoms with E-state index in [0.717, 1.165) is 51.7 Å². The summed E-state index contributed by atoms with van der Waals surface area (Å²) in [6.45, 7) is 6.66. The third kappa shape index (κ3) is 4.33. The van der Waals surface area contributed by atoms with Crippen LogP contribution in [0.2, 0.25) is 0 Å². The number of pyridine rings is 1. The van der Waals surface area contributed by atoms with Crippen molar-refractivity contribution < 1.29 is 19.0 Å². The average molecular weight is 544 g/mol. The van der Waals surface area contributed by atoms with Gasteiger partial charge < -0.3 is 19.1 Å². The van der Waals surface area contributed by atoms with E-state index < -0.39 is 5.60 Å². The van der Waals surface area contributed by atoms with Gasteiger partial charge in [0.15, 0.2) is 0 Å². The van der Waals surface area contributed by atoms with Crippen molar-refractivity contribution in [1.82, 2.24) is 24.5 Å². The highest BCUT2D eigenvalue weighted by molar-refractivity contribution is 6.10. The van der Waals surface area contributed by atoms with E-state index in [1.165, 1.54) is 6.07 Å². The molecule has 1 atom stereocenters. The maximum absolute atomic E-state index is 15.7. The lowest BCUT2D eigenvalue weighted by atomic mass is 9.86. The lowest BCUT2D eigenvalue weighted by molar-refractivity contribution is 0.0548. The number of nitrogens with zero attached hydrogens (tertiary/aromatic N) is 5. The van der Waals surface area contributed by atoms with Crippen LogP contribution < -0.4 is 4.74 Å². The van der Waals surface area contributed by atoms with E-state index in [-0.39, 0.29) is 17.8 Å². The third-order valence-electron chi connectivity index (χ3n) is 8.11. The Balaban J connectivity index is 1.76. The van der Waals surface area contributed by atoms with Crippen LogP contribution in [0, 0.1) is 18.7 Å². The van der Waals surface area contributed by atoms with Gasteiger partial charge >= 0.3 is 0 Å². The van der Waals surface area contributed by atoms with Gasteiger partial charge in [0.05, 0.1) is 52.1 Å². The monoisotopic (exact) mass is 543 g/mol. The van der Waals surface area contributed by atoms with Crippen LogP contribution in [-0.2, 0) is 17.4 Å². The Morgan fingerprint density at radius 1 is 1.12 bits per heavy atom. The smallest absolute Gasteiger partial charge is 0.130 e. The summed E-state index contributed by atoms with van der Waals surface area (Å²) < 4.78 is 31.2. The molecule has 0 amide bonds. The minimum absolute atomic E-state index is 0.116. The minimum atomic E-state index is -1.12. The molecule has 1 N–H and O–H groups in total. The fourth-order valence-electron chi connectivity index (χ4n) is 6.14. The lowest BCUT2D eigenvalue weighted by Gasteiger charge is -2.33. The normalized spacial score (nSPS) is 15.7. The Kier molecular flexibility index (Phi) is 6.59. The molecule has 9 heteroatoms. The van der Waals surface area contributed by atoms with Gasteiger partial charge in [-0.25, -0.2) is 9.07 Å². The number of aryl methyl sites for hydroxylation is 2. The largest absolute Gasteiger partial charge is 0.496 e. The molecule has 2 aromatic carbocycles. The SMILES string of the molecule is COc1cc(C(C)(C)O)cc2c1c1ncc(-c3c(C)nnn3C)cc1n2[C@H](c1ccccc1F)C1CCOCC1. The molecule has 40 heavy (non-hydrogen) atoms. The molecule has 0 radical (unpaired) electrons. The number of hydrogen-bond donors (Lipinski definition) is 1. The number of ether oxygens (including phenoxy) is 2. The van der Waals surface area contributed by atoms with Gasteiger partial charge in [0, 0.05) is 37.6 Å². The van der Waals surface area contributed by atoms with E-state index in [2.05, 4.69) is 20.9 Å². The topological polar surface area (TPSA) is 87.2 Å². The average Bonchev–Trinajstić information content (AvgIpc) is 3.45.